The summed E-state index contributed by atoms with van der Waals surface area (Å²) < 4.78 is 0. The lowest BCUT2D eigenvalue weighted by Gasteiger charge is -2.22. The Morgan fingerprint density at radius 1 is 1.12 bits per heavy atom. The summed E-state index contributed by atoms with van der Waals surface area (Å²) in [4.78, 5) is 21.9. The van der Waals surface area contributed by atoms with Crippen LogP contribution >= 0.6 is 0 Å². The average molecular weight is 234 g/mol. The van der Waals surface area contributed by atoms with E-state index in [0.29, 0.717) is 12.0 Å². The van der Waals surface area contributed by atoms with Gasteiger partial charge in [0.25, 0.3) is 0 Å². The van der Waals surface area contributed by atoms with Crippen molar-refractivity contribution >= 4 is 11.9 Å². The summed E-state index contributed by atoms with van der Waals surface area (Å²) >= 11 is 0. The molecule has 4 nitrogen and oxygen atoms in total. The first kappa shape index (κ1) is 13.2. The first-order valence-electron chi connectivity index (χ1n) is 5.27. The van der Waals surface area contributed by atoms with Crippen LogP contribution in [0.1, 0.15) is 47.1 Å². The Kier molecular flexibility index (Phi) is 3.56. The van der Waals surface area contributed by atoms with Gasteiger partial charge in [0, 0.05) is 11.1 Å². The van der Waals surface area contributed by atoms with Gasteiger partial charge >= 0.3 is 0 Å². The van der Waals surface area contributed by atoms with E-state index in [1.54, 1.807) is 6.07 Å². The molecule has 0 saturated heterocycles. The predicted octanol–water partition coefficient (Wildman–Crippen LogP) is 0.00220. The van der Waals surface area contributed by atoms with Gasteiger partial charge in [-0.3, -0.25) is 0 Å². The van der Waals surface area contributed by atoms with E-state index in [1.165, 1.54) is 12.1 Å². The summed E-state index contributed by atoms with van der Waals surface area (Å²) in [6.45, 7) is 5.83. The molecule has 0 unspecified atom stereocenters. The van der Waals surface area contributed by atoms with Crippen LogP contribution in [0.3, 0.4) is 0 Å². The van der Waals surface area contributed by atoms with Gasteiger partial charge in [-0.1, -0.05) is 39.0 Å². The molecule has 0 aliphatic carbocycles. The Morgan fingerprint density at radius 2 is 1.71 bits per heavy atom. The van der Waals surface area contributed by atoms with E-state index in [4.69, 9.17) is 0 Å². The summed E-state index contributed by atoms with van der Waals surface area (Å²) in [5.74, 6) is -2.98. The SMILES string of the molecule is CC(C)(C)Cc1cccc(C(=O)[O-])c1C(=O)[O-]. The van der Waals surface area contributed by atoms with Crippen molar-refractivity contribution in [3.63, 3.8) is 0 Å². The monoisotopic (exact) mass is 234 g/mol. The highest BCUT2D eigenvalue weighted by molar-refractivity contribution is 6.01. The fraction of sp³-hybridized carbons (Fsp3) is 0.385. The molecule has 0 fully saturated rings. The van der Waals surface area contributed by atoms with Crippen molar-refractivity contribution in [3.8, 4) is 0 Å². The lowest BCUT2D eigenvalue weighted by molar-refractivity contribution is -0.259. The highest BCUT2D eigenvalue weighted by atomic mass is 16.4. The molecule has 0 heterocycles. The second kappa shape index (κ2) is 4.57. The standard InChI is InChI=1S/C13H16O4/c1-13(2,3)7-8-5-4-6-9(11(14)15)10(8)12(16)17/h4-6H,7H2,1-3H3,(H,14,15)(H,16,17)/p-2. The lowest BCUT2D eigenvalue weighted by Crippen LogP contribution is -2.31. The molecule has 17 heavy (non-hydrogen) atoms. The van der Waals surface area contributed by atoms with Gasteiger partial charge in [-0.2, -0.15) is 0 Å². The van der Waals surface area contributed by atoms with Gasteiger partial charge in [-0.15, -0.1) is 0 Å². The van der Waals surface area contributed by atoms with Crippen molar-refractivity contribution in [2.24, 2.45) is 5.41 Å². The maximum Gasteiger partial charge on any atom is 0.0724 e. The van der Waals surface area contributed by atoms with Gasteiger partial charge in [0.2, 0.25) is 0 Å². The number of carbonyl (C=O) groups is 2. The van der Waals surface area contributed by atoms with Gasteiger partial charge in [0.15, 0.2) is 0 Å². The molecule has 0 aromatic heterocycles. The molecule has 0 N–H and O–H groups in total. The lowest BCUT2D eigenvalue weighted by atomic mass is 9.85. The Balaban J connectivity index is 3.35. The van der Waals surface area contributed by atoms with Gasteiger partial charge in [0.05, 0.1) is 11.9 Å². The number of carboxylic acids is 2. The van der Waals surface area contributed by atoms with Crippen molar-refractivity contribution in [2.75, 3.05) is 0 Å². The fourth-order valence-electron chi connectivity index (χ4n) is 1.73. The smallest absolute Gasteiger partial charge is 0.0724 e. The summed E-state index contributed by atoms with van der Waals surface area (Å²) in [5.41, 5.74) is -0.289. The van der Waals surface area contributed by atoms with Crippen LogP contribution in [0.2, 0.25) is 0 Å². The van der Waals surface area contributed by atoms with Crippen LogP contribution in [0.4, 0.5) is 0 Å². The van der Waals surface area contributed by atoms with Crippen LogP contribution in [-0.2, 0) is 6.42 Å². The van der Waals surface area contributed by atoms with E-state index < -0.39 is 11.9 Å². The number of benzene rings is 1. The Hall–Kier alpha value is -1.84. The highest BCUT2D eigenvalue weighted by Gasteiger charge is 2.16. The van der Waals surface area contributed by atoms with Crippen LogP contribution in [0.25, 0.3) is 0 Å². The molecule has 0 atom stereocenters. The molecule has 0 amide bonds. The molecular formula is C13H14O4-2. The third-order valence-corrected chi connectivity index (χ3v) is 2.30. The van der Waals surface area contributed by atoms with E-state index in [9.17, 15) is 19.8 Å². The van der Waals surface area contributed by atoms with E-state index >= 15 is 0 Å². The molecular weight excluding hydrogens is 220 g/mol. The van der Waals surface area contributed by atoms with Crippen molar-refractivity contribution in [1.29, 1.82) is 0 Å². The molecule has 0 aliphatic heterocycles. The van der Waals surface area contributed by atoms with Crippen LogP contribution in [0, 0.1) is 5.41 Å². The van der Waals surface area contributed by atoms with Gasteiger partial charge in [0.1, 0.15) is 0 Å². The van der Waals surface area contributed by atoms with Crippen LogP contribution < -0.4 is 10.2 Å². The van der Waals surface area contributed by atoms with Crippen molar-refractivity contribution in [3.05, 3.63) is 34.9 Å². The zero-order valence-electron chi connectivity index (χ0n) is 10.1. The van der Waals surface area contributed by atoms with Crippen LogP contribution in [0.5, 0.6) is 0 Å². The number of aromatic carboxylic acids is 2. The Bertz CT molecular complexity index is 455. The molecule has 0 bridgehead atoms. The van der Waals surface area contributed by atoms with E-state index in [2.05, 4.69) is 0 Å². The third kappa shape index (κ3) is 3.31. The van der Waals surface area contributed by atoms with E-state index in [0.717, 1.165) is 0 Å². The predicted molar refractivity (Wildman–Crippen MR) is 58.3 cm³/mol. The van der Waals surface area contributed by atoms with Gasteiger partial charge in [-0.25, -0.2) is 0 Å². The normalized spacial score (nSPS) is 11.2. The zero-order chi connectivity index (χ0) is 13.2. The minimum atomic E-state index is -1.50. The molecule has 0 saturated carbocycles. The molecule has 92 valence electrons. The largest absolute Gasteiger partial charge is 0.545 e. The van der Waals surface area contributed by atoms with Crippen molar-refractivity contribution in [1.82, 2.24) is 0 Å². The fourth-order valence-corrected chi connectivity index (χ4v) is 1.73. The Labute approximate surface area is 99.9 Å². The maximum atomic E-state index is 11.0. The van der Waals surface area contributed by atoms with Gasteiger partial charge in [-0.05, 0) is 17.4 Å². The summed E-state index contributed by atoms with van der Waals surface area (Å²) in [6.07, 6.45) is 0.456. The third-order valence-electron chi connectivity index (χ3n) is 2.30. The number of rotatable bonds is 3. The molecule has 0 spiro atoms. The number of carboxylic acid groups (broad SMARTS) is 2. The van der Waals surface area contributed by atoms with Gasteiger partial charge < -0.3 is 19.8 Å². The second-order valence-electron chi connectivity index (χ2n) is 5.15. The first-order chi connectivity index (χ1) is 7.72. The molecule has 4 heteroatoms. The Morgan fingerprint density at radius 3 is 2.12 bits per heavy atom. The van der Waals surface area contributed by atoms with Crippen LogP contribution in [-0.4, -0.2) is 11.9 Å². The molecule has 1 rings (SSSR count). The van der Waals surface area contributed by atoms with E-state index in [-0.39, 0.29) is 16.5 Å². The second-order valence-corrected chi connectivity index (χ2v) is 5.15. The quantitative estimate of drug-likeness (QED) is 0.737. The summed E-state index contributed by atoms with van der Waals surface area (Å²) in [5, 5.41) is 21.9. The summed E-state index contributed by atoms with van der Waals surface area (Å²) in [6, 6.07) is 4.33. The number of hydrogen-bond donors (Lipinski definition) is 0. The molecule has 1 aromatic carbocycles. The topological polar surface area (TPSA) is 80.3 Å². The minimum absolute atomic E-state index is 0.144. The number of carbonyl (C=O) groups excluding carboxylic acids is 2. The van der Waals surface area contributed by atoms with Crippen LogP contribution in [0.15, 0.2) is 18.2 Å². The summed E-state index contributed by atoms with van der Waals surface area (Å²) in [7, 11) is 0. The first-order valence-corrected chi connectivity index (χ1v) is 5.27. The van der Waals surface area contributed by atoms with Crippen molar-refractivity contribution in [2.45, 2.75) is 27.2 Å². The van der Waals surface area contributed by atoms with Crippen molar-refractivity contribution < 1.29 is 19.8 Å². The minimum Gasteiger partial charge on any atom is -0.545 e. The zero-order valence-corrected chi connectivity index (χ0v) is 10.1. The highest BCUT2D eigenvalue weighted by Crippen LogP contribution is 2.24. The van der Waals surface area contributed by atoms with E-state index in [1.807, 2.05) is 20.8 Å². The maximum absolute atomic E-state index is 11.0. The molecule has 1 aromatic rings. The molecule has 0 radical (unpaired) electrons. The average Bonchev–Trinajstić information content (AvgIpc) is 2.14. The molecule has 0 aliphatic rings. The number of hydrogen-bond acceptors (Lipinski definition) is 4.